The molecule has 3 rings (SSSR count). The third-order valence-corrected chi connectivity index (χ3v) is 3.90. The first-order valence-electron chi connectivity index (χ1n) is 7.81. The van der Waals surface area contributed by atoms with Gasteiger partial charge < -0.3 is 14.6 Å². The summed E-state index contributed by atoms with van der Waals surface area (Å²) >= 11 is 0. The molecule has 0 radical (unpaired) electrons. The van der Waals surface area contributed by atoms with E-state index in [0.717, 1.165) is 38.4 Å². The number of aryl methyl sites for hydroxylation is 1. The number of amides is 1. The molecule has 0 aliphatic carbocycles. The zero-order valence-corrected chi connectivity index (χ0v) is 13.2. The molecule has 1 aliphatic rings. The van der Waals surface area contributed by atoms with Gasteiger partial charge >= 0.3 is 0 Å². The Labute approximate surface area is 135 Å². The number of rotatable bonds is 5. The van der Waals surface area contributed by atoms with Crippen LogP contribution in [0.5, 0.6) is 0 Å². The molecule has 2 heterocycles. The summed E-state index contributed by atoms with van der Waals surface area (Å²) in [5.41, 5.74) is 1.77. The van der Waals surface area contributed by atoms with Crippen LogP contribution in [0.1, 0.15) is 27.9 Å². The molecule has 1 N–H and O–H groups in total. The van der Waals surface area contributed by atoms with E-state index >= 15 is 0 Å². The molecule has 23 heavy (non-hydrogen) atoms. The van der Waals surface area contributed by atoms with Crippen LogP contribution in [0.15, 0.2) is 40.9 Å². The SMILES string of the molecule is Cc1cc(C(=O)NC(CN2CCOCC2)c2ccccc2)on1. The molecule has 0 saturated carbocycles. The van der Waals surface area contributed by atoms with Crippen molar-refractivity contribution in [3.8, 4) is 0 Å². The van der Waals surface area contributed by atoms with Gasteiger partial charge in [-0.2, -0.15) is 0 Å². The summed E-state index contributed by atoms with van der Waals surface area (Å²) in [6.45, 7) is 5.75. The fraction of sp³-hybridized carbons (Fsp3) is 0.412. The summed E-state index contributed by atoms with van der Waals surface area (Å²) in [6, 6.07) is 11.5. The van der Waals surface area contributed by atoms with Gasteiger partial charge in [-0.15, -0.1) is 0 Å². The van der Waals surface area contributed by atoms with E-state index in [1.165, 1.54) is 0 Å². The maximum atomic E-state index is 12.4. The molecular weight excluding hydrogens is 294 g/mol. The van der Waals surface area contributed by atoms with Gasteiger partial charge in [-0.3, -0.25) is 9.69 Å². The Morgan fingerprint density at radius 2 is 2.04 bits per heavy atom. The average molecular weight is 315 g/mol. The van der Waals surface area contributed by atoms with Gasteiger partial charge in [0.1, 0.15) is 0 Å². The molecule has 1 aliphatic heterocycles. The highest BCUT2D eigenvalue weighted by molar-refractivity contribution is 5.91. The molecule has 6 nitrogen and oxygen atoms in total. The number of nitrogens with zero attached hydrogens (tertiary/aromatic N) is 2. The van der Waals surface area contributed by atoms with Crippen LogP contribution >= 0.6 is 0 Å². The maximum Gasteiger partial charge on any atom is 0.290 e. The van der Waals surface area contributed by atoms with Gasteiger partial charge in [0.2, 0.25) is 5.76 Å². The Balaban J connectivity index is 1.73. The van der Waals surface area contributed by atoms with Crippen molar-refractivity contribution in [3.63, 3.8) is 0 Å². The standard InChI is InChI=1S/C17H21N3O3/c1-13-11-16(23-19-13)17(21)18-15(14-5-3-2-4-6-14)12-20-7-9-22-10-8-20/h2-6,11,15H,7-10,12H2,1H3,(H,18,21). The highest BCUT2D eigenvalue weighted by atomic mass is 16.5. The molecule has 1 aromatic heterocycles. The summed E-state index contributed by atoms with van der Waals surface area (Å²) in [5.74, 6) is -0.00174. The second kappa shape index (κ2) is 7.39. The van der Waals surface area contributed by atoms with E-state index in [-0.39, 0.29) is 17.7 Å². The number of carbonyl (C=O) groups excluding carboxylic acids is 1. The van der Waals surface area contributed by atoms with Crippen LogP contribution in [0, 0.1) is 6.92 Å². The van der Waals surface area contributed by atoms with E-state index in [1.54, 1.807) is 13.0 Å². The first kappa shape index (κ1) is 15.7. The molecule has 1 amide bonds. The smallest absolute Gasteiger partial charge is 0.290 e. The number of ether oxygens (including phenoxy) is 1. The van der Waals surface area contributed by atoms with Crippen LogP contribution in [-0.4, -0.2) is 48.8 Å². The van der Waals surface area contributed by atoms with Crippen molar-refractivity contribution in [2.24, 2.45) is 0 Å². The third kappa shape index (κ3) is 4.18. The Morgan fingerprint density at radius 3 is 2.70 bits per heavy atom. The first-order chi connectivity index (χ1) is 11.2. The molecule has 0 bridgehead atoms. The predicted octanol–water partition coefficient (Wildman–Crippen LogP) is 1.79. The van der Waals surface area contributed by atoms with Crippen molar-refractivity contribution in [2.45, 2.75) is 13.0 Å². The highest BCUT2D eigenvalue weighted by Crippen LogP contribution is 2.16. The normalized spacial score (nSPS) is 16.9. The molecule has 1 fully saturated rings. The molecular formula is C17H21N3O3. The van der Waals surface area contributed by atoms with Gasteiger partial charge in [0.05, 0.1) is 24.9 Å². The van der Waals surface area contributed by atoms with E-state index in [0.29, 0.717) is 5.69 Å². The number of benzene rings is 1. The highest BCUT2D eigenvalue weighted by Gasteiger charge is 2.22. The molecule has 1 aromatic carbocycles. The summed E-state index contributed by atoms with van der Waals surface area (Å²) in [7, 11) is 0. The lowest BCUT2D eigenvalue weighted by atomic mass is 10.1. The van der Waals surface area contributed by atoms with Crippen molar-refractivity contribution in [1.29, 1.82) is 0 Å². The number of morpholine rings is 1. The van der Waals surface area contributed by atoms with Gasteiger partial charge in [0.15, 0.2) is 0 Å². The van der Waals surface area contributed by atoms with Crippen molar-refractivity contribution in [2.75, 3.05) is 32.8 Å². The zero-order chi connectivity index (χ0) is 16.1. The van der Waals surface area contributed by atoms with Gasteiger partial charge in [-0.1, -0.05) is 35.5 Å². The first-order valence-corrected chi connectivity index (χ1v) is 7.81. The van der Waals surface area contributed by atoms with Crippen molar-refractivity contribution in [3.05, 3.63) is 53.4 Å². The van der Waals surface area contributed by atoms with Gasteiger partial charge in [0, 0.05) is 25.7 Å². The molecule has 0 spiro atoms. The van der Waals surface area contributed by atoms with Gasteiger partial charge in [-0.05, 0) is 12.5 Å². The van der Waals surface area contributed by atoms with Gasteiger partial charge in [-0.25, -0.2) is 0 Å². The minimum atomic E-state index is -0.243. The number of hydrogen-bond acceptors (Lipinski definition) is 5. The topological polar surface area (TPSA) is 67.6 Å². The monoisotopic (exact) mass is 315 g/mol. The van der Waals surface area contributed by atoms with Crippen LogP contribution in [-0.2, 0) is 4.74 Å². The summed E-state index contributed by atoms with van der Waals surface area (Å²) < 4.78 is 10.4. The minimum Gasteiger partial charge on any atom is -0.379 e. The van der Waals surface area contributed by atoms with Crippen molar-refractivity contribution >= 4 is 5.91 Å². The summed E-state index contributed by atoms with van der Waals surface area (Å²) in [5, 5.41) is 6.83. The van der Waals surface area contributed by atoms with Crippen LogP contribution in [0.3, 0.4) is 0 Å². The predicted molar refractivity (Wildman–Crippen MR) is 85.1 cm³/mol. The van der Waals surface area contributed by atoms with Gasteiger partial charge in [0.25, 0.3) is 5.91 Å². The zero-order valence-electron chi connectivity index (χ0n) is 13.2. The molecule has 1 atom stereocenters. The second-order valence-corrected chi connectivity index (χ2v) is 5.68. The molecule has 2 aromatic rings. The fourth-order valence-electron chi connectivity index (χ4n) is 2.66. The van der Waals surface area contributed by atoms with E-state index in [9.17, 15) is 4.79 Å². The lowest BCUT2D eigenvalue weighted by molar-refractivity contribution is 0.0331. The van der Waals surface area contributed by atoms with E-state index in [2.05, 4.69) is 15.4 Å². The van der Waals surface area contributed by atoms with E-state index in [4.69, 9.17) is 9.26 Å². The second-order valence-electron chi connectivity index (χ2n) is 5.68. The number of nitrogens with one attached hydrogen (secondary N) is 1. The van der Waals surface area contributed by atoms with Crippen molar-refractivity contribution < 1.29 is 14.1 Å². The van der Waals surface area contributed by atoms with E-state index < -0.39 is 0 Å². The quantitative estimate of drug-likeness (QED) is 0.911. The van der Waals surface area contributed by atoms with E-state index in [1.807, 2.05) is 30.3 Å². The Bertz CT molecular complexity index is 636. The average Bonchev–Trinajstić information content (AvgIpc) is 3.03. The molecule has 1 unspecified atom stereocenters. The Morgan fingerprint density at radius 1 is 1.30 bits per heavy atom. The number of aromatic nitrogens is 1. The van der Waals surface area contributed by atoms with Crippen LogP contribution in [0.25, 0.3) is 0 Å². The minimum absolute atomic E-state index is 0.104. The van der Waals surface area contributed by atoms with Crippen LogP contribution < -0.4 is 5.32 Å². The van der Waals surface area contributed by atoms with Crippen LogP contribution in [0.2, 0.25) is 0 Å². The maximum absolute atomic E-state index is 12.4. The Hall–Kier alpha value is -2.18. The van der Waals surface area contributed by atoms with Crippen molar-refractivity contribution in [1.82, 2.24) is 15.4 Å². The lowest BCUT2D eigenvalue weighted by Gasteiger charge is -2.30. The third-order valence-electron chi connectivity index (χ3n) is 3.90. The summed E-state index contributed by atoms with van der Waals surface area (Å²) in [4.78, 5) is 14.7. The fourth-order valence-corrected chi connectivity index (χ4v) is 2.66. The lowest BCUT2D eigenvalue weighted by Crippen LogP contribution is -2.43. The molecule has 122 valence electrons. The number of carbonyl (C=O) groups is 1. The van der Waals surface area contributed by atoms with Crippen LogP contribution in [0.4, 0.5) is 0 Å². The molecule has 1 saturated heterocycles. The molecule has 6 heteroatoms. The largest absolute Gasteiger partial charge is 0.379 e. The number of hydrogen-bond donors (Lipinski definition) is 1. The summed E-state index contributed by atoms with van der Waals surface area (Å²) in [6.07, 6.45) is 0. The Kier molecular flexibility index (Phi) is 5.05.